The maximum absolute atomic E-state index is 12.7. The van der Waals surface area contributed by atoms with Crippen LogP contribution in [-0.4, -0.2) is 35.3 Å². The molecule has 21 heavy (non-hydrogen) atoms. The molecule has 0 spiro atoms. The first-order valence-electron chi connectivity index (χ1n) is 6.28. The molecule has 0 aliphatic carbocycles. The van der Waals surface area contributed by atoms with Crippen LogP contribution < -0.4 is 4.74 Å². The summed E-state index contributed by atoms with van der Waals surface area (Å²) in [4.78, 5) is 12.0. The van der Waals surface area contributed by atoms with Crippen molar-refractivity contribution in [1.82, 2.24) is 4.90 Å². The van der Waals surface area contributed by atoms with Crippen LogP contribution in [0.4, 0.5) is 18.0 Å². The summed E-state index contributed by atoms with van der Waals surface area (Å²) >= 11 is 3.03. The predicted octanol–water partition coefficient (Wildman–Crippen LogP) is 3.99. The van der Waals surface area contributed by atoms with Crippen molar-refractivity contribution in [2.75, 3.05) is 13.1 Å². The topological polar surface area (TPSA) is 49.8 Å². The summed E-state index contributed by atoms with van der Waals surface area (Å²) in [6.45, 7) is 0.639. The van der Waals surface area contributed by atoms with E-state index in [1.807, 2.05) is 0 Å². The van der Waals surface area contributed by atoms with Crippen LogP contribution in [-0.2, 0) is 6.18 Å². The molecule has 1 N–H and O–H groups in total. The van der Waals surface area contributed by atoms with Crippen molar-refractivity contribution >= 4 is 22.0 Å². The molecule has 0 aromatic heterocycles. The lowest BCUT2D eigenvalue weighted by molar-refractivity contribution is -0.137. The summed E-state index contributed by atoms with van der Waals surface area (Å²) in [5.41, 5.74) is -0.783. The van der Waals surface area contributed by atoms with Gasteiger partial charge in [-0.1, -0.05) is 15.9 Å². The number of halogens is 4. The largest absolute Gasteiger partial charge is 0.490 e. The fraction of sp³-hybridized carbons (Fsp3) is 0.462. The molecule has 0 atom stereocenters. The highest BCUT2D eigenvalue weighted by Crippen LogP contribution is 2.34. The molecule has 1 fully saturated rings. The van der Waals surface area contributed by atoms with Crippen LogP contribution in [0.3, 0.4) is 0 Å². The van der Waals surface area contributed by atoms with E-state index in [9.17, 15) is 18.0 Å². The van der Waals surface area contributed by atoms with Gasteiger partial charge in [-0.25, -0.2) is 4.79 Å². The molecule has 1 aliphatic rings. The Morgan fingerprint density at radius 1 is 1.29 bits per heavy atom. The normalized spacial score (nSPS) is 16.9. The maximum Gasteiger partial charge on any atom is 0.416 e. The molecule has 0 saturated carbocycles. The lowest BCUT2D eigenvalue weighted by Gasteiger charge is -2.30. The zero-order valence-electron chi connectivity index (χ0n) is 10.9. The van der Waals surface area contributed by atoms with Gasteiger partial charge in [0, 0.05) is 30.4 Å². The number of ether oxygens (including phenoxy) is 1. The molecule has 2 rings (SSSR count). The first-order valence-corrected chi connectivity index (χ1v) is 7.07. The van der Waals surface area contributed by atoms with E-state index in [2.05, 4.69) is 15.9 Å². The van der Waals surface area contributed by atoms with Crippen molar-refractivity contribution in [3.8, 4) is 5.75 Å². The minimum atomic E-state index is -4.44. The van der Waals surface area contributed by atoms with Crippen molar-refractivity contribution in [1.29, 1.82) is 0 Å². The highest BCUT2D eigenvalue weighted by atomic mass is 79.9. The van der Waals surface area contributed by atoms with E-state index in [0.717, 1.165) is 12.1 Å². The summed E-state index contributed by atoms with van der Waals surface area (Å²) in [6.07, 6.45) is -4.79. The number of carbonyl (C=O) groups is 1. The number of alkyl halides is 3. The Bertz CT molecular complexity index is 528. The summed E-state index contributed by atoms with van der Waals surface area (Å²) in [5.74, 6) is 0.130. The average molecular weight is 368 g/mol. The number of hydrogen-bond donors (Lipinski definition) is 1. The van der Waals surface area contributed by atoms with Gasteiger partial charge in [-0.05, 0) is 18.2 Å². The molecule has 0 unspecified atom stereocenters. The SMILES string of the molecule is O=C(O)N1CCC(Oc2cc(Br)cc(C(F)(F)F)c2)CC1. The van der Waals surface area contributed by atoms with Crippen molar-refractivity contribution in [3.63, 3.8) is 0 Å². The van der Waals surface area contributed by atoms with Gasteiger partial charge in [0.25, 0.3) is 0 Å². The van der Waals surface area contributed by atoms with Gasteiger partial charge < -0.3 is 14.7 Å². The molecular formula is C13H13BrF3NO3. The molecule has 0 radical (unpaired) electrons. The Morgan fingerprint density at radius 2 is 1.90 bits per heavy atom. The average Bonchev–Trinajstić information content (AvgIpc) is 2.37. The van der Waals surface area contributed by atoms with Crippen molar-refractivity contribution in [3.05, 3.63) is 28.2 Å². The van der Waals surface area contributed by atoms with Crippen molar-refractivity contribution in [2.24, 2.45) is 0 Å². The fourth-order valence-corrected chi connectivity index (χ4v) is 2.62. The maximum atomic E-state index is 12.7. The van der Waals surface area contributed by atoms with E-state index < -0.39 is 17.8 Å². The van der Waals surface area contributed by atoms with Crippen molar-refractivity contribution in [2.45, 2.75) is 25.1 Å². The third-order valence-corrected chi connectivity index (χ3v) is 3.67. The number of amides is 1. The smallest absolute Gasteiger partial charge is 0.416 e. The minimum Gasteiger partial charge on any atom is -0.490 e. The summed E-state index contributed by atoms with van der Waals surface area (Å²) in [7, 11) is 0. The monoisotopic (exact) mass is 367 g/mol. The van der Waals surface area contributed by atoms with Crippen LogP contribution in [0.2, 0.25) is 0 Å². The van der Waals surface area contributed by atoms with E-state index in [1.165, 1.54) is 11.0 Å². The van der Waals surface area contributed by atoms with Gasteiger partial charge in [0.2, 0.25) is 0 Å². The Kier molecular flexibility index (Phi) is 4.65. The summed E-state index contributed by atoms with van der Waals surface area (Å²) in [5, 5.41) is 8.83. The third kappa shape index (κ3) is 4.26. The minimum absolute atomic E-state index is 0.130. The first-order chi connectivity index (χ1) is 9.75. The van der Waals surface area contributed by atoms with Crippen LogP contribution in [0, 0.1) is 0 Å². The number of hydrogen-bond acceptors (Lipinski definition) is 2. The van der Waals surface area contributed by atoms with Crippen LogP contribution in [0.15, 0.2) is 22.7 Å². The Labute approximate surface area is 127 Å². The second-order valence-electron chi connectivity index (χ2n) is 4.76. The molecule has 1 aliphatic heterocycles. The van der Waals surface area contributed by atoms with E-state index in [4.69, 9.17) is 9.84 Å². The molecule has 1 saturated heterocycles. The number of carboxylic acid groups (broad SMARTS) is 1. The van der Waals surface area contributed by atoms with E-state index in [1.54, 1.807) is 0 Å². The predicted molar refractivity (Wildman–Crippen MR) is 72.4 cm³/mol. The number of piperidine rings is 1. The van der Waals surface area contributed by atoms with Gasteiger partial charge in [-0.15, -0.1) is 0 Å². The van der Waals surface area contributed by atoms with Gasteiger partial charge in [0.05, 0.1) is 5.56 Å². The molecule has 1 aromatic carbocycles. The zero-order chi connectivity index (χ0) is 15.6. The van der Waals surface area contributed by atoms with Crippen molar-refractivity contribution < 1.29 is 27.8 Å². The van der Waals surface area contributed by atoms with Gasteiger partial charge in [0.1, 0.15) is 11.9 Å². The highest BCUT2D eigenvalue weighted by Gasteiger charge is 2.32. The second kappa shape index (κ2) is 6.13. The van der Waals surface area contributed by atoms with Crippen LogP contribution in [0.25, 0.3) is 0 Å². The lowest BCUT2D eigenvalue weighted by atomic mass is 10.1. The Balaban J connectivity index is 2.04. The molecular weight excluding hydrogens is 355 g/mol. The van der Waals surface area contributed by atoms with E-state index in [-0.39, 0.29) is 16.3 Å². The number of likely N-dealkylation sites (tertiary alicyclic amines) is 1. The summed E-state index contributed by atoms with van der Waals surface area (Å²) < 4.78 is 44.0. The lowest BCUT2D eigenvalue weighted by Crippen LogP contribution is -2.41. The third-order valence-electron chi connectivity index (χ3n) is 3.21. The molecule has 8 heteroatoms. The fourth-order valence-electron chi connectivity index (χ4n) is 2.15. The quantitative estimate of drug-likeness (QED) is 0.859. The Morgan fingerprint density at radius 3 is 2.43 bits per heavy atom. The van der Waals surface area contributed by atoms with E-state index >= 15 is 0 Å². The molecule has 1 heterocycles. The molecule has 0 bridgehead atoms. The van der Waals surface area contributed by atoms with Crippen LogP contribution >= 0.6 is 15.9 Å². The van der Waals surface area contributed by atoms with E-state index in [0.29, 0.717) is 25.9 Å². The van der Waals surface area contributed by atoms with Gasteiger partial charge >= 0.3 is 12.3 Å². The molecule has 116 valence electrons. The van der Waals surface area contributed by atoms with Gasteiger partial charge in [-0.2, -0.15) is 13.2 Å². The molecule has 1 aromatic rings. The van der Waals surface area contributed by atoms with Gasteiger partial charge in [-0.3, -0.25) is 0 Å². The van der Waals surface area contributed by atoms with Crippen LogP contribution in [0.5, 0.6) is 5.75 Å². The number of rotatable bonds is 2. The molecule has 1 amide bonds. The standard InChI is InChI=1S/C13H13BrF3NO3/c14-9-5-8(13(15,16)17)6-11(7-9)21-10-1-3-18(4-2-10)12(19)20/h5-7,10H,1-4H2,(H,19,20). The zero-order valence-corrected chi connectivity index (χ0v) is 12.4. The highest BCUT2D eigenvalue weighted by molar-refractivity contribution is 9.10. The molecule has 4 nitrogen and oxygen atoms in total. The number of nitrogens with zero attached hydrogens (tertiary/aromatic N) is 1. The first kappa shape index (κ1) is 15.9. The van der Waals surface area contributed by atoms with Crippen LogP contribution in [0.1, 0.15) is 18.4 Å². The number of benzene rings is 1. The second-order valence-corrected chi connectivity index (χ2v) is 5.68. The summed E-state index contributed by atoms with van der Waals surface area (Å²) in [6, 6.07) is 3.41. The van der Waals surface area contributed by atoms with Gasteiger partial charge in [0.15, 0.2) is 0 Å². The Hall–Kier alpha value is -1.44.